The van der Waals surface area contributed by atoms with Crippen LogP contribution in [-0.4, -0.2) is 35.6 Å². The third-order valence-corrected chi connectivity index (χ3v) is 2.87. The van der Waals surface area contributed by atoms with Crippen molar-refractivity contribution in [3.05, 3.63) is 35.4 Å². The van der Waals surface area contributed by atoms with E-state index in [1.54, 1.807) is 17.0 Å². The Morgan fingerprint density at radius 1 is 1.47 bits per heavy atom. The fraction of sp³-hybridized carbons (Fsp3) is 0.357. The number of hydrogen-bond donors (Lipinski definition) is 1. The summed E-state index contributed by atoms with van der Waals surface area (Å²) in [5.41, 5.74) is 1.29. The number of aliphatic hydroxyl groups is 1. The van der Waals surface area contributed by atoms with Gasteiger partial charge in [0.25, 0.3) is 5.91 Å². The van der Waals surface area contributed by atoms with Crippen molar-refractivity contribution in [3.8, 4) is 11.8 Å². The maximum atomic E-state index is 12.2. The summed E-state index contributed by atoms with van der Waals surface area (Å²) in [4.78, 5) is 14.0. The summed E-state index contributed by atoms with van der Waals surface area (Å²) in [5, 5.41) is 8.70. The van der Waals surface area contributed by atoms with Crippen LogP contribution in [0.1, 0.15) is 28.8 Å². The van der Waals surface area contributed by atoms with E-state index in [2.05, 4.69) is 11.8 Å². The standard InChI is InChI=1S/C14H15NO2/c1-15(12-8-9-12)14(17)13-7-3-2-5-11(13)6-4-10-16/h2-3,5,7,12,16H,8-10H2,1H3. The number of amides is 1. The maximum Gasteiger partial charge on any atom is 0.255 e. The first-order chi connectivity index (χ1) is 8.24. The Morgan fingerprint density at radius 3 is 2.82 bits per heavy atom. The van der Waals surface area contributed by atoms with E-state index in [1.165, 1.54) is 0 Å². The number of benzene rings is 1. The summed E-state index contributed by atoms with van der Waals surface area (Å²) in [7, 11) is 1.83. The first-order valence-corrected chi connectivity index (χ1v) is 5.70. The minimum Gasteiger partial charge on any atom is -0.384 e. The van der Waals surface area contributed by atoms with Gasteiger partial charge in [-0.25, -0.2) is 0 Å². The van der Waals surface area contributed by atoms with E-state index in [9.17, 15) is 4.79 Å². The number of carbonyl (C=O) groups excluding carboxylic acids is 1. The SMILES string of the molecule is CN(C(=O)c1ccccc1C#CCO)C1CC1. The highest BCUT2D eigenvalue weighted by Gasteiger charge is 2.30. The molecule has 0 atom stereocenters. The summed E-state index contributed by atoms with van der Waals surface area (Å²) < 4.78 is 0. The van der Waals surface area contributed by atoms with Crippen molar-refractivity contribution in [2.24, 2.45) is 0 Å². The lowest BCUT2D eigenvalue weighted by Crippen LogP contribution is -2.29. The Bertz CT molecular complexity index is 480. The molecule has 1 saturated carbocycles. The zero-order valence-corrected chi connectivity index (χ0v) is 9.81. The van der Waals surface area contributed by atoms with Gasteiger partial charge < -0.3 is 10.0 Å². The van der Waals surface area contributed by atoms with Crippen LogP contribution < -0.4 is 0 Å². The number of carbonyl (C=O) groups is 1. The van der Waals surface area contributed by atoms with E-state index in [-0.39, 0.29) is 12.5 Å². The Hall–Kier alpha value is -1.79. The van der Waals surface area contributed by atoms with Gasteiger partial charge in [-0.2, -0.15) is 0 Å². The van der Waals surface area contributed by atoms with Crippen molar-refractivity contribution < 1.29 is 9.90 Å². The van der Waals surface area contributed by atoms with E-state index in [4.69, 9.17) is 5.11 Å². The minimum absolute atomic E-state index is 0.00957. The lowest BCUT2D eigenvalue weighted by molar-refractivity contribution is 0.0785. The number of aliphatic hydroxyl groups excluding tert-OH is 1. The van der Waals surface area contributed by atoms with Crippen LogP contribution in [0.5, 0.6) is 0 Å². The molecule has 0 heterocycles. The molecule has 0 spiro atoms. The van der Waals surface area contributed by atoms with E-state index < -0.39 is 0 Å². The van der Waals surface area contributed by atoms with Gasteiger partial charge in [-0.3, -0.25) is 4.79 Å². The third kappa shape index (κ3) is 2.66. The van der Waals surface area contributed by atoms with Crippen LogP contribution in [0, 0.1) is 11.8 Å². The van der Waals surface area contributed by atoms with Crippen LogP contribution in [0.2, 0.25) is 0 Å². The monoisotopic (exact) mass is 229 g/mol. The van der Waals surface area contributed by atoms with Gasteiger partial charge in [0, 0.05) is 18.7 Å². The average Bonchev–Trinajstić information content (AvgIpc) is 3.19. The molecule has 3 nitrogen and oxygen atoms in total. The van der Waals surface area contributed by atoms with Crippen LogP contribution in [-0.2, 0) is 0 Å². The molecule has 0 unspecified atom stereocenters. The number of hydrogen-bond acceptors (Lipinski definition) is 2. The van der Waals surface area contributed by atoms with Gasteiger partial charge in [-0.05, 0) is 25.0 Å². The molecule has 2 rings (SSSR count). The smallest absolute Gasteiger partial charge is 0.255 e. The van der Waals surface area contributed by atoms with Gasteiger partial charge in [-0.1, -0.05) is 24.0 Å². The summed E-state index contributed by atoms with van der Waals surface area (Å²) in [6.07, 6.45) is 2.18. The summed E-state index contributed by atoms with van der Waals surface area (Å²) in [6.45, 7) is -0.193. The molecule has 88 valence electrons. The van der Waals surface area contributed by atoms with E-state index in [1.807, 2.05) is 19.2 Å². The fourth-order valence-corrected chi connectivity index (χ4v) is 1.73. The molecule has 0 radical (unpaired) electrons. The van der Waals surface area contributed by atoms with Gasteiger partial charge >= 0.3 is 0 Å². The van der Waals surface area contributed by atoms with Gasteiger partial charge in [0.2, 0.25) is 0 Å². The van der Waals surface area contributed by atoms with Crippen molar-refractivity contribution in [2.75, 3.05) is 13.7 Å². The van der Waals surface area contributed by atoms with Gasteiger partial charge in [0.05, 0.1) is 5.56 Å². The third-order valence-electron chi connectivity index (χ3n) is 2.87. The highest BCUT2D eigenvalue weighted by molar-refractivity contribution is 5.96. The summed E-state index contributed by atoms with van der Waals surface area (Å²) in [6, 6.07) is 7.65. The highest BCUT2D eigenvalue weighted by atomic mass is 16.2. The van der Waals surface area contributed by atoms with Gasteiger partial charge in [0.15, 0.2) is 0 Å². The highest BCUT2D eigenvalue weighted by Crippen LogP contribution is 2.27. The lowest BCUT2D eigenvalue weighted by Gasteiger charge is -2.17. The zero-order chi connectivity index (χ0) is 12.3. The van der Waals surface area contributed by atoms with Crippen LogP contribution in [0.3, 0.4) is 0 Å². The van der Waals surface area contributed by atoms with Crippen LogP contribution in [0.25, 0.3) is 0 Å². The first-order valence-electron chi connectivity index (χ1n) is 5.70. The average molecular weight is 229 g/mol. The molecule has 1 aromatic carbocycles. The Kier molecular flexibility index (Phi) is 3.46. The molecule has 0 aromatic heterocycles. The van der Waals surface area contributed by atoms with Crippen molar-refractivity contribution in [3.63, 3.8) is 0 Å². The first kappa shape index (κ1) is 11.7. The number of nitrogens with zero attached hydrogens (tertiary/aromatic N) is 1. The zero-order valence-electron chi connectivity index (χ0n) is 9.81. The van der Waals surface area contributed by atoms with Crippen molar-refractivity contribution >= 4 is 5.91 Å². The van der Waals surface area contributed by atoms with Gasteiger partial charge in [0.1, 0.15) is 6.61 Å². The molecule has 17 heavy (non-hydrogen) atoms. The minimum atomic E-state index is -0.193. The molecule has 1 aliphatic rings. The van der Waals surface area contributed by atoms with E-state index in [0.717, 1.165) is 12.8 Å². The molecule has 3 heteroatoms. The quantitative estimate of drug-likeness (QED) is 0.776. The van der Waals surface area contributed by atoms with Crippen LogP contribution in [0.4, 0.5) is 0 Å². The molecule has 1 aliphatic carbocycles. The Labute approximate surface area is 101 Å². The number of rotatable bonds is 2. The van der Waals surface area contributed by atoms with E-state index in [0.29, 0.717) is 17.2 Å². The summed E-state index contributed by atoms with van der Waals surface area (Å²) in [5.74, 6) is 5.40. The molecular formula is C14H15NO2. The van der Waals surface area contributed by atoms with Crippen molar-refractivity contribution in [1.82, 2.24) is 4.90 Å². The Morgan fingerprint density at radius 2 is 2.18 bits per heavy atom. The second kappa shape index (κ2) is 5.03. The van der Waals surface area contributed by atoms with Crippen molar-refractivity contribution in [2.45, 2.75) is 18.9 Å². The molecule has 0 aliphatic heterocycles. The predicted octanol–water partition coefficient (Wildman–Crippen LogP) is 1.26. The molecule has 0 bridgehead atoms. The largest absolute Gasteiger partial charge is 0.384 e. The van der Waals surface area contributed by atoms with Crippen molar-refractivity contribution in [1.29, 1.82) is 0 Å². The molecule has 1 amide bonds. The molecule has 1 fully saturated rings. The van der Waals surface area contributed by atoms with Crippen LogP contribution >= 0.6 is 0 Å². The topological polar surface area (TPSA) is 40.5 Å². The molecule has 0 saturated heterocycles. The Balaban J connectivity index is 2.27. The second-order valence-corrected chi connectivity index (χ2v) is 4.15. The molecular weight excluding hydrogens is 214 g/mol. The molecule has 1 aromatic rings. The van der Waals surface area contributed by atoms with Crippen LogP contribution in [0.15, 0.2) is 24.3 Å². The van der Waals surface area contributed by atoms with Gasteiger partial charge in [-0.15, -0.1) is 0 Å². The summed E-state index contributed by atoms with van der Waals surface area (Å²) >= 11 is 0. The fourth-order valence-electron chi connectivity index (χ4n) is 1.73. The lowest BCUT2D eigenvalue weighted by atomic mass is 10.1. The van der Waals surface area contributed by atoms with E-state index >= 15 is 0 Å². The molecule has 1 N–H and O–H groups in total. The predicted molar refractivity (Wildman–Crippen MR) is 65.5 cm³/mol. The second-order valence-electron chi connectivity index (χ2n) is 4.15. The maximum absolute atomic E-state index is 12.2. The normalized spacial score (nSPS) is 13.8.